The van der Waals surface area contributed by atoms with Crippen molar-refractivity contribution in [2.45, 2.75) is 58.0 Å². The number of hydrogen-bond donors (Lipinski definition) is 1. The molecular formula is C28H32N2O. The van der Waals surface area contributed by atoms with E-state index in [1.165, 1.54) is 30.4 Å². The van der Waals surface area contributed by atoms with Gasteiger partial charge in [0.25, 0.3) is 5.91 Å². The van der Waals surface area contributed by atoms with Crippen LogP contribution in [0.3, 0.4) is 0 Å². The first-order valence-electron chi connectivity index (χ1n) is 11.5. The first-order valence-corrected chi connectivity index (χ1v) is 11.5. The van der Waals surface area contributed by atoms with E-state index >= 15 is 0 Å². The van der Waals surface area contributed by atoms with Crippen molar-refractivity contribution >= 4 is 17.3 Å². The second kappa shape index (κ2) is 9.82. The number of amides is 1. The molecule has 1 aliphatic rings. The zero-order valence-corrected chi connectivity index (χ0v) is 18.6. The van der Waals surface area contributed by atoms with Gasteiger partial charge >= 0.3 is 0 Å². The molecule has 0 saturated heterocycles. The number of unbranched alkanes of at least 4 members (excludes halogenated alkanes) is 2. The van der Waals surface area contributed by atoms with Crippen LogP contribution in [0.2, 0.25) is 0 Å². The monoisotopic (exact) mass is 412 g/mol. The summed E-state index contributed by atoms with van der Waals surface area (Å²) >= 11 is 0. The van der Waals surface area contributed by atoms with Gasteiger partial charge < -0.3 is 10.2 Å². The largest absolute Gasteiger partial charge is 0.378 e. The van der Waals surface area contributed by atoms with Crippen molar-refractivity contribution in [3.8, 4) is 0 Å². The van der Waals surface area contributed by atoms with Gasteiger partial charge in [0, 0.05) is 23.0 Å². The van der Waals surface area contributed by atoms with Gasteiger partial charge in [-0.05, 0) is 67.6 Å². The normalized spacial score (nSPS) is 17.8. The van der Waals surface area contributed by atoms with Gasteiger partial charge in [0.15, 0.2) is 0 Å². The quantitative estimate of drug-likeness (QED) is 0.423. The molecular weight excluding hydrogens is 380 g/mol. The van der Waals surface area contributed by atoms with Gasteiger partial charge in [0.2, 0.25) is 0 Å². The number of fused-ring (bicyclic) bond motifs is 1. The topological polar surface area (TPSA) is 32.3 Å². The number of carbonyl (C=O) groups excluding carboxylic acids is 1. The van der Waals surface area contributed by atoms with Crippen molar-refractivity contribution in [1.82, 2.24) is 0 Å². The van der Waals surface area contributed by atoms with Crippen molar-refractivity contribution in [1.29, 1.82) is 0 Å². The summed E-state index contributed by atoms with van der Waals surface area (Å²) in [5.74, 6) is 0.0817. The van der Waals surface area contributed by atoms with Gasteiger partial charge in [0.05, 0.1) is 6.04 Å². The molecule has 0 fully saturated rings. The highest BCUT2D eigenvalue weighted by molar-refractivity contribution is 6.07. The maximum Gasteiger partial charge on any atom is 0.258 e. The van der Waals surface area contributed by atoms with Crippen LogP contribution in [-0.4, -0.2) is 11.9 Å². The molecule has 0 saturated carbocycles. The minimum atomic E-state index is 0.0817. The molecule has 3 heteroatoms. The fraction of sp³-hybridized carbons (Fsp3) is 0.321. The molecule has 0 aliphatic carbocycles. The van der Waals surface area contributed by atoms with E-state index in [1.54, 1.807) is 0 Å². The lowest BCUT2D eigenvalue weighted by Crippen LogP contribution is -2.44. The first-order chi connectivity index (χ1) is 15.2. The SMILES string of the molecule is CCCCCc1ccc(C(=O)N2c3ccccc3[C@@H](Nc3ccccc3)C[C@H]2C)cc1. The summed E-state index contributed by atoms with van der Waals surface area (Å²) in [6, 6.07) is 27.1. The Bertz CT molecular complexity index is 997. The Balaban J connectivity index is 1.56. The Kier molecular flexibility index (Phi) is 6.71. The number of carbonyl (C=O) groups is 1. The molecule has 1 N–H and O–H groups in total. The number of anilines is 2. The smallest absolute Gasteiger partial charge is 0.258 e. The number of aryl methyl sites for hydroxylation is 1. The third-order valence-electron chi connectivity index (χ3n) is 6.19. The van der Waals surface area contributed by atoms with Gasteiger partial charge in [-0.25, -0.2) is 0 Å². The van der Waals surface area contributed by atoms with E-state index in [0.29, 0.717) is 0 Å². The van der Waals surface area contributed by atoms with Crippen molar-refractivity contribution in [3.05, 3.63) is 95.6 Å². The van der Waals surface area contributed by atoms with Crippen molar-refractivity contribution in [2.24, 2.45) is 0 Å². The first kappa shape index (κ1) is 21.2. The van der Waals surface area contributed by atoms with Gasteiger partial charge in [-0.2, -0.15) is 0 Å². The molecule has 31 heavy (non-hydrogen) atoms. The molecule has 160 valence electrons. The van der Waals surface area contributed by atoms with E-state index in [0.717, 1.165) is 29.8 Å². The van der Waals surface area contributed by atoms with Crippen LogP contribution in [0.4, 0.5) is 11.4 Å². The molecule has 0 aromatic heterocycles. The Morgan fingerprint density at radius 2 is 1.65 bits per heavy atom. The summed E-state index contributed by atoms with van der Waals surface area (Å²) in [6.07, 6.45) is 5.63. The lowest BCUT2D eigenvalue weighted by Gasteiger charge is -2.40. The fourth-order valence-electron chi connectivity index (χ4n) is 4.53. The second-order valence-electron chi connectivity index (χ2n) is 8.54. The third kappa shape index (κ3) is 4.82. The molecule has 1 aliphatic heterocycles. The average molecular weight is 413 g/mol. The molecule has 3 aromatic carbocycles. The van der Waals surface area contributed by atoms with E-state index < -0.39 is 0 Å². The highest BCUT2D eigenvalue weighted by Crippen LogP contribution is 2.39. The van der Waals surface area contributed by atoms with Gasteiger partial charge in [-0.15, -0.1) is 0 Å². The number of benzene rings is 3. The minimum Gasteiger partial charge on any atom is -0.378 e. The standard InChI is InChI=1S/C28H32N2O/c1-3-4-6-11-22-16-18-23(19-17-22)28(31)30-21(2)20-26(25-14-9-10-15-27(25)30)29-24-12-7-5-8-13-24/h5,7-10,12-19,21,26,29H,3-4,6,11,20H2,1-2H3/t21-,26+/m1/s1. The van der Waals surface area contributed by atoms with E-state index in [2.05, 4.69) is 61.6 Å². The summed E-state index contributed by atoms with van der Waals surface area (Å²) < 4.78 is 0. The predicted molar refractivity (Wildman–Crippen MR) is 130 cm³/mol. The number of nitrogens with zero attached hydrogens (tertiary/aromatic N) is 1. The van der Waals surface area contributed by atoms with Gasteiger partial charge in [-0.3, -0.25) is 4.79 Å². The molecule has 0 unspecified atom stereocenters. The van der Waals surface area contributed by atoms with Crippen LogP contribution in [0.5, 0.6) is 0 Å². The maximum absolute atomic E-state index is 13.5. The van der Waals surface area contributed by atoms with Crippen LogP contribution in [0, 0.1) is 0 Å². The highest BCUT2D eigenvalue weighted by atomic mass is 16.2. The van der Waals surface area contributed by atoms with Crippen LogP contribution >= 0.6 is 0 Å². The number of nitrogens with one attached hydrogen (secondary N) is 1. The Labute approximate surface area is 186 Å². The number of para-hydroxylation sites is 2. The van der Waals surface area contributed by atoms with Crippen molar-refractivity contribution in [2.75, 3.05) is 10.2 Å². The van der Waals surface area contributed by atoms with E-state index in [1.807, 2.05) is 41.3 Å². The second-order valence-corrected chi connectivity index (χ2v) is 8.54. The van der Waals surface area contributed by atoms with Crippen LogP contribution in [-0.2, 0) is 6.42 Å². The predicted octanol–water partition coefficient (Wildman–Crippen LogP) is 7.01. The fourth-order valence-corrected chi connectivity index (χ4v) is 4.53. The lowest BCUT2D eigenvalue weighted by atomic mass is 9.90. The molecule has 2 atom stereocenters. The average Bonchev–Trinajstić information content (AvgIpc) is 2.80. The summed E-state index contributed by atoms with van der Waals surface area (Å²) in [5, 5.41) is 3.66. The molecule has 1 amide bonds. The minimum absolute atomic E-state index is 0.0817. The molecule has 3 nitrogen and oxygen atoms in total. The third-order valence-corrected chi connectivity index (χ3v) is 6.19. The van der Waals surface area contributed by atoms with Crippen molar-refractivity contribution < 1.29 is 4.79 Å². The number of rotatable bonds is 7. The summed E-state index contributed by atoms with van der Waals surface area (Å²) in [5.41, 5.74) is 5.35. The van der Waals surface area contributed by atoms with Crippen LogP contribution < -0.4 is 10.2 Å². The Hall–Kier alpha value is -3.07. The Morgan fingerprint density at radius 3 is 2.39 bits per heavy atom. The summed E-state index contributed by atoms with van der Waals surface area (Å²) in [4.78, 5) is 15.5. The zero-order chi connectivity index (χ0) is 21.6. The molecule has 0 bridgehead atoms. The highest BCUT2D eigenvalue weighted by Gasteiger charge is 2.34. The molecule has 1 heterocycles. The van der Waals surface area contributed by atoms with Gasteiger partial charge in [-0.1, -0.05) is 68.3 Å². The van der Waals surface area contributed by atoms with E-state index in [-0.39, 0.29) is 18.0 Å². The Morgan fingerprint density at radius 1 is 0.935 bits per heavy atom. The van der Waals surface area contributed by atoms with Crippen molar-refractivity contribution in [3.63, 3.8) is 0 Å². The summed E-state index contributed by atoms with van der Waals surface area (Å²) in [7, 11) is 0. The van der Waals surface area contributed by atoms with Gasteiger partial charge in [0.1, 0.15) is 0 Å². The lowest BCUT2D eigenvalue weighted by molar-refractivity contribution is 0.0974. The van der Waals surface area contributed by atoms with E-state index in [9.17, 15) is 4.79 Å². The molecule has 3 aromatic rings. The number of hydrogen-bond acceptors (Lipinski definition) is 2. The maximum atomic E-state index is 13.5. The zero-order valence-electron chi connectivity index (χ0n) is 18.6. The van der Waals surface area contributed by atoms with Crippen LogP contribution in [0.1, 0.15) is 67.1 Å². The molecule has 4 rings (SSSR count). The van der Waals surface area contributed by atoms with Crippen LogP contribution in [0.15, 0.2) is 78.9 Å². The van der Waals surface area contributed by atoms with E-state index in [4.69, 9.17) is 0 Å². The summed E-state index contributed by atoms with van der Waals surface area (Å²) in [6.45, 7) is 4.37. The molecule has 0 radical (unpaired) electrons. The molecule has 0 spiro atoms. The van der Waals surface area contributed by atoms with Crippen LogP contribution in [0.25, 0.3) is 0 Å².